The Labute approximate surface area is 78.5 Å². The van der Waals surface area contributed by atoms with Crippen molar-refractivity contribution in [2.24, 2.45) is 5.73 Å². The zero-order valence-corrected chi connectivity index (χ0v) is 7.79. The van der Waals surface area contributed by atoms with Crippen LogP contribution in [-0.4, -0.2) is 42.5 Å². The highest BCUT2D eigenvalue weighted by atomic mass is 16.1. The minimum Gasteiger partial charge on any atom is -0.368 e. The molecule has 0 aromatic carbocycles. The average Bonchev–Trinajstić information content (AvgIpc) is 2.16. The molecule has 3 N–H and O–H groups in total. The SMILES string of the molecule is C#CC(C)N1CCNCC1C(N)=O. The molecule has 72 valence electrons. The Morgan fingerprint density at radius 3 is 3.08 bits per heavy atom. The van der Waals surface area contributed by atoms with Crippen molar-refractivity contribution in [1.29, 1.82) is 0 Å². The maximum Gasteiger partial charge on any atom is 0.236 e. The lowest BCUT2D eigenvalue weighted by Crippen LogP contribution is -2.59. The third kappa shape index (κ3) is 2.20. The van der Waals surface area contributed by atoms with Gasteiger partial charge in [0.1, 0.15) is 6.04 Å². The second kappa shape index (κ2) is 4.26. The van der Waals surface area contributed by atoms with Crippen molar-refractivity contribution >= 4 is 5.91 Å². The molecule has 4 heteroatoms. The summed E-state index contributed by atoms with van der Waals surface area (Å²) in [6.45, 7) is 4.14. The van der Waals surface area contributed by atoms with E-state index in [0.29, 0.717) is 6.54 Å². The van der Waals surface area contributed by atoms with E-state index < -0.39 is 0 Å². The molecule has 1 aliphatic heterocycles. The second-order valence-electron chi connectivity index (χ2n) is 3.20. The summed E-state index contributed by atoms with van der Waals surface area (Å²) >= 11 is 0. The molecule has 1 heterocycles. The van der Waals surface area contributed by atoms with Gasteiger partial charge in [-0.25, -0.2) is 0 Å². The fraction of sp³-hybridized carbons (Fsp3) is 0.667. The van der Waals surface area contributed by atoms with Gasteiger partial charge in [-0.2, -0.15) is 0 Å². The molecule has 0 aliphatic carbocycles. The van der Waals surface area contributed by atoms with Crippen LogP contribution in [0.1, 0.15) is 6.92 Å². The summed E-state index contributed by atoms with van der Waals surface area (Å²) in [7, 11) is 0. The standard InChI is InChI=1S/C9H15N3O/c1-3-7(2)12-5-4-11-6-8(12)9(10)13/h1,7-8,11H,4-6H2,2H3,(H2,10,13). The highest BCUT2D eigenvalue weighted by molar-refractivity contribution is 5.80. The molecule has 2 unspecified atom stereocenters. The lowest BCUT2D eigenvalue weighted by atomic mass is 10.1. The van der Waals surface area contributed by atoms with Crippen LogP contribution in [0.2, 0.25) is 0 Å². The zero-order chi connectivity index (χ0) is 9.84. The number of hydrogen-bond donors (Lipinski definition) is 2. The minimum atomic E-state index is -0.311. The van der Waals surface area contributed by atoms with E-state index in [2.05, 4.69) is 11.2 Å². The number of hydrogen-bond acceptors (Lipinski definition) is 3. The van der Waals surface area contributed by atoms with E-state index in [1.54, 1.807) is 0 Å². The zero-order valence-electron chi connectivity index (χ0n) is 7.79. The van der Waals surface area contributed by atoms with Crippen LogP contribution in [0.3, 0.4) is 0 Å². The number of rotatable bonds is 2. The first-order chi connectivity index (χ1) is 6.16. The number of nitrogens with two attached hydrogens (primary N) is 1. The van der Waals surface area contributed by atoms with Gasteiger partial charge in [-0.05, 0) is 6.92 Å². The fourth-order valence-corrected chi connectivity index (χ4v) is 1.54. The van der Waals surface area contributed by atoms with E-state index in [1.165, 1.54) is 0 Å². The molecule has 0 aromatic heterocycles. The number of carbonyl (C=O) groups excluding carboxylic acids is 1. The van der Waals surface area contributed by atoms with Gasteiger partial charge in [0.2, 0.25) is 5.91 Å². The van der Waals surface area contributed by atoms with Crippen molar-refractivity contribution in [3.8, 4) is 12.3 Å². The highest BCUT2D eigenvalue weighted by Crippen LogP contribution is 2.07. The summed E-state index contributed by atoms with van der Waals surface area (Å²) < 4.78 is 0. The summed E-state index contributed by atoms with van der Waals surface area (Å²) in [6, 6.07) is -0.292. The van der Waals surface area contributed by atoms with Gasteiger partial charge in [0.25, 0.3) is 0 Å². The summed E-state index contributed by atoms with van der Waals surface area (Å²) in [5, 5.41) is 3.11. The first-order valence-corrected chi connectivity index (χ1v) is 4.38. The number of carbonyl (C=O) groups is 1. The molecule has 0 aromatic rings. The summed E-state index contributed by atoms with van der Waals surface area (Å²) in [5.74, 6) is 2.30. The van der Waals surface area contributed by atoms with Crippen LogP contribution < -0.4 is 11.1 Å². The largest absolute Gasteiger partial charge is 0.368 e. The van der Waals surface area contributed by atoms with Crippen LogP contribution in [0.5, 0.6) is 0 Å². The molecule has 1 rings (SSSR count). The van der Waals surface area contributed by atoms with E-state index in [-0.39, 0.29) is 18.0 Å². The quantitative estimate of drug-likeness (QED) is 0.524. The van der Waals surface area contributed by atoms with E-state index in [4.69, 9.17) is 12.2 Å². The predicted octanol–water partition coefficient (Wildman–Crippen LogP) is -1.23. The lowest BCUT2D eigenvalue weighted by Gasteiger charge is -2.36. The second-order valence-corrected chi connectivity index (χ2v) is 3.20. The van der Waals surface area contributed by atoms with Crippen molar-refractivity contribution in [1.82, 2.24) is 10.2 Å². The molecule has 0 radical (unpaired) electrons. The Hall–Kier alpha value is -1.05. The number of amides is 1. The van der Waals surface area contributed by atoms with Crippen molar-refractivity contribution in [2.75, 3.05) is 19.6 Å². The maximum atomic E-state index is 11.1. The summed E-state index contributed by atoms with van der Waals surface area (Å²) in [5.41, 5.74) is 5.26. The van der Waals surface area contributed by atoms with Crippen LogP contribution in [0.25, 0.3) is 0 Å². The number of piperazine rings is 1. The van der Waals surface area contributed by atoms with Crippen LogP contribution in [0.4, 0.5) is 0 Å². The van der Waals surface area contributed by atoms with E-state index in [1.807, 2.05) is 11.8 Å². The number of terminal acetylenes is 1. The molecule has 1 saturated heterocycles. The van der Waals surface area contributed by atoms with Crippen LogP contribution in [0, 0.1) is 12.3 Å². The Morgan fingerprint density at radius 1 is 1.85 bits per heavy atom. The minimum absolute atomic E-state index is 0.0281. The molecule has 2 atom stereocenters. The van der Waals surface area contributed by atoms with Crippen molar-refractivity contribution in [3.05, 3.63) is 0 Å². The number of nitrogens with one attached hydrogen (secondary N) is 1. The van der Waals surface area contributed by atoms with Crippen LogP contribution >= 0.6 is 0 Å². The lowest BCUT2D eigenvalue weighted by molar-refractivity contribution is -0.124. The predicted molar refractivity (Wildman–Crippen MR) is 50.9 cm³/mol. The molecule has 13 heavy (non-hydrogen) atoms. The van der Waals surface area contributed by atoms with Crippen molar-refractivity contribution < 1.29 is 4.79 Å². The van der Waals surface area contributed by atoms with Crippen LogP contribution in [-0.2, 0) is 4.79 Å². The molecule has 4 nitrogen and oxygen atoms in total. The van der Waals surface area contributed by atoms with E-state index >= 15 is 0 Å². The molecule has 0 bridgehead atoms. The van der Waals surface area contributed by atoms with Gasteiger partial charge in [0, 0.05) is 19.6 Å². The fourth-order valence-electron chi connectivity index (χ4n) is 1.54. The first-order valence-electron chi connectivity index (χ1n) is 4.38. The molecule has 1 fully saturated rings. The molecule has 0 spiro atoms. The summed E-state index contributed by atoms with van der Waals surface area (Å²) in [6.07, 6.45) is 5.30. The topological polar surface area (TPSA) is 58.4 Å². The van der Waals surface area contributed by atoms with Gasteiger partial charge in [0.15, 0.2) is 0 Å². The maximum absolute atomic E-state index is 11.1. The monoisotopic (exact) mass is 181 g/mol. The Bertz CT molecular complexity index is 234. The van der Waals surface area contributed by atoms with Gasteiger partial charge < -0.3 is 11.1 Å². The van der Waals surface area contributed by atoms with Crippen molar-refractivity contribution in [3.63, 3.8) is 0 Å². The normalized spacial score (nSPS) is 26.3. The van der Waals surface area contributed by atoms with Crippen LogP contribution in [0.15, 0.2) is 0 Å². The third-order valence-electron chi connectivity index (χ3n) is 2.35. The molecule has 1 aliphatic rings. The smallest absolute Gasteiger partial charge is 0.236 e. The first kappa shape index (κ1) is 10.0. The Kier molecular flexibility index (Phi) is 3.29. The Balaban J connectivity index is 2.68. The molecular formula is C9H15N3O. The molecule has 0 saturated carbocycles. The van der Waals surface area contributed by atoms with Gasteiger partial charge in [-0.15, -0.1) is 6.42 Å². The van der Waals surface area contributed by atoms with Gasteiger partial charge in [-0.1, -0.05) is 5.92 Å². The molecular weight excluding hydrogens is 166 g/mol. The Morgan fingerprint density at radius 2 is 2.54 bits per heavy atom. The van der Waals surface area contributed by atoms with E-state index in [9.17, 15) is 4.79 Å². The third-order valence-corrected chi connectivity index (χ3v) is 2.35. The molecule has 1 amide bonds. The number of nitrogens with zero attached hydrogens (tertiary/aromatic N) is 1. The van der Waals surface area contributed by atoms with E-state index in [0.717, 1.165) is 13.1 Å². The highest BCUT2D eigenvalue weighted by Gasteiger charge is 2.29. The summed E-state index contributed by atoms with van der Waals surface area (Å²) in [4.78, 5) is 13.0. The van der Waals surface area contributed by atoms with Gasteiger partial charge in [0.05, 0.1) is 6.04 Å². The average molecular weight is 181 g/mol. The van der Waals surface area contributed by atoms with Crippen molar-refractivity contribution in [2.45, 2.75) is 19.0 Å². The number of primary amides is 1. The van der Waals surface area contributed by atoms with Gasteiger partial charge in [-0.3, -0.25) is 9.69 Å². The van der Waals surface area contributed by atoms with Gasteiger partial charge >= 0.3 is 0 Å².